The predicted molar refractivity (Wildman–Crippen MR) is 45.1 cm³/mol. The van der Waals surface area contributed by atoms with E-state index in [9.17, 15) is 4.79 Å². The molecule has 2 N–H and O–H groups in total. The van der Waals surface area contributed by atoms with Gasteiger partial charge in [0.2, 0.25) is 0 Å². The maximum atomic E-state index is 11.2. The minimum absolute atomic E-state index is 0.0903. The molecule has 0 amide bonds. The minimum Gasteiger partial charge on any atom is -0.321 e. The summed E-state index contributed by atoms with van der Waals surface area (Å²) < 4.78 is 0. The van der Waals surface area contributed by atoms with Gasteiger partial charge in [-0.3, -0.25) is 4.79 Å². The van der Waals surface area contributed by atoms with E-state index in [0.29, 0.717) is 5.92 Å². The largest absolute Gasteiger partial charge is 0.321 e. The number of ketones is 1. The van der Waals surface area contributed by atoms with Crippen LogP contribution in [0.4, 0.5) is 0 Å². The number of carbonyl (C=O) groups is 1. The van der Waals surface area contributed by atoms with Crippen LogP contribution in [-0.2, 0) is 4.79 Å². The van der Waals surface area contributed by atoms with Crippen molar-refractivity contribution < 1.29 is 4.79 Å². The standard InChI is InChI=1S/C9H15NO/c1-6(2)5-8(11)9(10)7-3-4-7/h5,7,9H,3-4,10H2,1-2H3. The fraction of sp³-hybridized carbons (Fsp3) is 0.667. The molecule has 0 heterocycles. The van der Waals surface area contributed by atoms with Gasteiger partial charge in [0.15, 0.2) is 5.78 Å². The first kappa shape index (κ1) is 8.47. The van der Waals surface area contributed by atoms with Crippen molar-refractivity contribution in [1.82, 2.24) is 0 Å². The summed E-state index contributed by atoms with van der Waals surface area (Å²) in [6, 6.07) is -0.232. The first-order chi connectivity index (χ1) is 5.11. The number of nitrogens with two attached hydrogens (primary N) is 1. The monoisotopic (exact) mass is 153 g/mol. The van der Waals surface area contributed by atoms with E-state index in [0.717, 1.165) is 18.4 Å². The zero-order valence-electron chi connectivity index (χ0n) is 7.13. The van der Waals surface area contributed by atoms with Gasteiger partial charge in [-0.25, -0.2) is 0 Å². The van der Waals surface area contributed by atoms with Gasteiger partial charge in [-0.2, -0.15) is 0 Å². The van der Waals surface area contributed by atoms with Crippen molar-refractivity contribution in [2.24, 2.45) is 11.7 Å². The summed E-state index contributed by atoms with van der Waals surface area (Å²) in [7, 11) is 0. The molecule has 11 heavy (non-hydrogen) atoms. The van der Waals surface area contributed by atoms with Crippen LogP contribution in [0.25, 0.3) is 0 Å². The Morgan fingerprint density at radius 3 is 2.45 bits per heavy atom. The van der Waals surface area contributed by atoms with Crippen LogP contribution < -0.4 is 5.73 Å². The summed E-state index contributed by atoms with van der Waals surface area (Å²) in [4.78, 5) is 11.2. The van der Waals surface area contributed by atoms with Crippen molar-refractivity contribution in [3.63, 3.8) is 0 Å². The first-order valence-electron chi connectivity index (χ1n) is 4.05. The highest BCUT2D eigenvalue weighted by Crippen LogP contribution is 2.32. The highest BCUT2D eigenvalue weighted by atomic mass is 16.1. The van der Waals surface area contributed by atoms with Gasteiger partial charge in [-0.1, -0.05) is 5.57 Å². The molecule has 1 fully saturated rings. The Bertz CT molecular complexity index is 188. The minimum atomic E-state index is -0.232. The lowest BCUT2D eigenvalue weighted by Gasteiger charge is -2.04. The van der Waals surface area contributed by atoms with E-state index < -0.39 is 0 Å². The van der Waals surface area contributed by atoms with Gasteiger partial charge in [0, 0.05) is 0 Å². The quantitative estimate of drug-likeness (QED) is 0.620. The van der Waals surface area contributed by atoms with Gasteiger partial charge in [-0.05, 0) is 38.7 Å². The van der Waals surface area contributed by atoms with E-state index >= 15 is 0 Å². The Hall–Kier alpha value is -0.630. The predicted octanol–water partition coefficient (Wildman–Crippen LogP) is 1.26. The fourth-order valence-electron chi connectivity index (χ4n) is 1.07. The number of allylic oxidation sites excluding steroid dienone is 1. The average molecular weight is 153 g/mol. The second-order valence-corrected chi connectivity index (χ2v) is 3.49. The summed E-state index contributed by atoms with van der Waals surface area (Å²) >= 11 is 0. The molecule has 1 aliphatic carbocycles. The zero-order chi connectivity index (χ0) is 8.43. The molecule has 1 saturated carbocycles. The third kappa shape index (κ3) is 2.46. The summed E-state index contributed by atoms with van der Waals surface area (Å²) in [6.07, 6.45) is 3.90. The third-order valence-corrected chi connectivity index (χ3v) is 1.89. The van der Waals surface area contributed by atoms with Crippen LogP contribution in [0.1, 0.15) is 26.7 Å². The van der Waals surface area contributed by atoms with E-state index in [-0.39, 0.29) is 11.8 Å². The lowest BCUT2D eigenvalue weighted by molar-refractivity contribution is -0.116. The summed E-state index contributed by atoms with van der Waals surface area (Å²) in [6.45, 7) is 3.83. The van der Waals surface area contributed by atoms with Crippen molar-refractivity contribution in [3.8, 4) is 0 Å². The molecular weight excluding hydrogens is 138 g/mol. The number of hydrogen-bond donors (Lipinski definition) is 1. The average Bonchev–Trinajstić information content (AvgIpc) is 2.65. The smallest absolute Gasteiger partial charge is 0.172 e. The van der Waals surface area contributed by atoms with Crippen LogP contribution in [0.5, 0.6) is 0 Å². The zero-order valence-corrected chi connectivity index (χ0v) is 7.13. The molecule has 0 aromatic heterocycles. The lowest BCUT2D eigenvalue weighted by atomic mass is 10.1. The highest BCUT2D eigenvalue weighted by Gasteiger charge is 2.31. The molecule has 1 aliphatic rings. The lowest BCUT2D eigenvalue weighted by Crippen LogP contribution is -2.31. The molecule has 0 aromatic carbocycles. The molecule has 1 unspecified atom stereocenters. The fourth-order valence-corrected chi connectivity index (χ4v) is 1.07. The summed E-state index contributed by atoms with van der Waals surface area (Å²) in [5.74, 6) is 0.561. The van der Waals surface area contributed by atoms with Crippen molar-refractivity contribution in [2.45, 2.75) is 32.7 Å². The van der Waals surface area contributed by atoms with Crippen molar-refractivity contribution in [1.29, 1.82) is 0 Å². The number of carbonyl (C=O) groups excluding carboxylic acids is 1. The van der Waals surface area contributed by atoms with Crippen LogP contribution >= 0.6 is 0 Å². The molecular formula is C9H15NO. The molecule has 1 rings (SSSR count). The molecule has 62 valence electrons. The van der Waals surface area contributed by atoms with Crippen LogP contribution in [0.3, 0.4) is 0 Å². The van der Waals surface area contributed by atoms with Crippen molar-refractivity contribution in [2.75, 3.05) is 0 Å². The Morgan fingerprint density at radius 2 is 2.09 bits per heavy atom. The molecule has 0 bridgehead atoms. The molecule has 0 aromatic rings. The van der Waals surface area contributed by atoms with Crippen LogP contribution in [0, 0.1) is 5.92 Å². The van der Waals surface area contributed by atoms with Crippen LogP contribution in [-0.4, -0.2) is 11.8 Å². The number of hydrogen-bond acceptors (Lipinski definition) is 2. The Kier molecular flexibility index (Phi) is 2.45. The molecule has 1 atom stereocenters. The normalized spacial score (nSPS) is 19.2. The topological polar surface area (TPSA) is 43.1 Å². The van der Waals surface area contributed by atoms with Gasteiger partial charge in [-0.15, -0.1) is 0 Å². The van der Waals surface area contributed by atoms with Crippen LogP contribution in [0.15, 0.2) is 11.6 Å². The van der Waals surface area contributed by atoms with Gasteiger partial charge < -0.3 is 5.73 Å². The first-order valence-corrected chi connectivity index (χ1v) is 4.05. The van der Waals surface area contributed by atoms with Gasteiger partial charge in [0.05, 0.1) is 6.04 Å². The second-order valence-electron chi connectivity index (χ2n) is 3.49. The molecule has 0 radical (unpaired) electrons. The SMILES string of the molecule is CC(C)=CC(=O)C(N)C1CC1. The van der Waals surface area contributed by atoms with Gasteiger partial charge in [0.25, 0.3) is 0 Å². The Morgan fingerprint density at radius 1 is 1.55 bits per heavy atom. The van der Waals surface area contributed by atoms with Crippen molar-refractivity contribution in [3.05, 3.63) is 11.6 Å². The van der Waals surface area contributed by atoms with E-state index in [2.05, 4.69) is 0 Å². The van der Waals surface area contributed by atoms with Crippen LogP contribution in [0.2, 0.25) is 0 Å². The van der Waals surface area contributed by atoms with Crippen molar-refractivity contribution >= 4 is 5.78 Å². The molecule has 0 spiro atoms. The summed E-state index contributed by atoms with van der Waals surface area (Å²) in [5.41, 5.74) is 6.71. The van der Waals surface area contributed by atoms with E-state index in [1.165, 1.54) is 0 Å². The molecule has 2 nitrogen and oxygen atoms in total. The molecule has 2 heteroatoms. The highest BCUT2D eigenvalue weighted by molar-refractivity contribution is 5.95. The van der Waals surface area contributed by atoms with Gasteiger partial charge >= 0.3 is 0 Å². The summed E-state index contributed by atoms with van der Waals surface area (Å²) in [5, 5.41) is 0. The maximum Gasteiger partial charge on any atom is 0.172 e. The Balaban J connectivity index is 2.46. The molecule has 0 saturated heterocycles. The second kappa shape index (κ2) is 3.18. The molecule has 0 aliphatic heterocycles. The maximum absolute atomic E-state index is 11.2. The van der Waals surface area contributed by atoms with E-state index in [1.54, 1.807) is 6.08 Å². The Labute approximate surface area is 67.5 Å². The van der Waals surface area contributed by atoms with Gasteiger partial charge in [0.1, 0.15) is 0 Å². The number of rotatable bonds is 3. The van der Waals surface area contributed by atoms with E-state index in [4.69, 9.17) is 5.73 Å². The van der Waals surface area contributed by atoms with E-state index in [1.807, 2.05) is 13.8 Å². The third-order valence-electron chi connectivity index (χ3n) is 1.89.